The van der Waals surface area contributed by atoms with Gasteiger partial charge in [0, 0.05) is 37.6 Å². The van der Waals surface area contributed by atoms with E-state index in [2.05, 4.69) is 15.3 Å². The van der Waals surface area contributed by atoms with E-state index in [4.69, 9.17) is 10.6 Å². The lowest BCUT2D eigenvalue weighted by molar-refractivity contribution is -0.129. The average molecular weight is 580 g/mol. The third-order valence-electron chi connectivity index (χ3n) is 6.35. The monoisotopic (exact) mass is 579 g/mol. The molecule has 2 aromatic heterocycles. The Labute approximate surface area is 238 Å². The minimum absolute atomic E-state index is 0.0362. The number of rotatable bonds is 10. The maximum atomic E-state index is 14.4. The van der Waals surface area contributed by atoms with Gasteiger partial charge in [-0.3, -0.25) is 23.5 Å². The summed E-state index contributed by atoms with van der Waals surface area (Å²) in [4.78, 5) is 69.9. The second kappa shape index (κ2) is 13.0. The third-order valence-corrected chi connectivity index (χ3v) is 6.35. The van der Waals surface area contributed by atoms with E-state index < -0.39 is 29.1 Å². The largest absolute Gasteiger partial charge is 0.448 e. The molecule has 4 rings (SSSR count). The van der Waals surface area contributed by atoms with Crippen molar-refractivity contribution >= 4 is 34.8 Å². The summed E-state index contributed by atoms with van der Waals surface area (Å²) in [6.45, 7) is 2.65. The molecule has 0 aliphatic heterocycles. The van der Waals surface area contributed by atoms with Crippen molar-refractivity contribution in [3.63, 3.8) is 0 Å². The number of imide groups is 1. The molecule has 4 N–H and O–H groups in total. The fourth-order valence-electron chi connectivity index (χ4n) is 4.34. The zero-order chi connectivity index (χ0) is 30.4. The van der Waals surface area contributed by atoms with Crippen molar-refractivity contribution in [1.29, 1.82) is 0 Å². The number of nitrogens with one attached hydrogen (secondary N) is 2. The van der Waals surface area contributed by atoms with Crippen LogP contribution in [-0.2, 0) is 33.8 Å². The lowest BCUT2D eigenvalue weighted by Gasteiger charge is -2.15. The summed E-state index contributed by atoms with van der Waals surface area (Å²) in [5.41, 5.74) is 0.267. The summed E-state index contributed by atoms with van der Waals surface area (Å²) in [7, 11) is 0. The molecule has 0 aliphatic rings. The molecule has 3 amide bonds. The van der Waals surface area contributed by atoms with Crippen LogP contribution in [0.25, 0.3) is 11.2 Å². The zero-order valence-corrected chi connectivity index (χ0v) is 23.1. The summed E-state index contributed by atoms with van der Waals surface area (Å²) < 4.78 is 21.3. The van der Waals surface area contributed by atoms with Gasteiger partial charge < -0.3 is 15.0 Å². The zero-order valence-electron chi connectivity index (χ0n) is 23.1. The van der Waals surface area contributed by atoms with Crippen molar-refractivity contribution in [2.45, 2.75) is 46.2 Å². The van der Waals surface area contributed by atoms with Gasteiger partial charge >= 0.3 is 11.8 Å². The van der Waals surface area contributed by atoms with Crippen LogP contribution in [0.1, 0.15) is 43.6 Å². The van der Waals surface area contributed by atoms with Crippen molar-refractivity contribution < 1.29 is 23.5 Å². The van der Waals surface area contributed by atoms with Crippen LogP contribution in [0.3, 0.4) is 0 Å². The highest BCUT2D eigenvalue weighted by atomic mass is 19.1. The molecule has 0 radical (unpaired) electrons. The fraction of sp³-hybridized carbons (Fsp3) is 0.286. The summed E-state index contributed by atoms with van der Waals surface area (Å²) in [5, 5.41) is 3.05. The molecule has 14 heteroatoms. The highest BCUT2D eigenvalue weighted by molar-refractivity contribution is 5.91. The first-order chi connectivity index (χ1) is 20.1. The summed E-state index contributed by atoms with van der Waals surface area (Å²) in [6.07, 6.45) is -0.849. The van der Waals surface area contributed by atoms with Crippen LogP contribution < -0.4 is 22.4 Å². The highest BCUT2D eigenvalue weighted by Crippen LogP contribution is 2.15. The third kappa shape index (κ3) is 6.78. The molecule has 220 valence electrons. The van der Waals surface area contributed by atoms with Gasteiger partial charge in [0.1, 0.15) is 17.2 Å². The standard InChI is InChI=1S/C28H30FN7O6/c1-3-42-28(41)36(30)23(38)9-6-14-34-25-24(26(39)35(27(34)40)16-19-7-4-5-8-21(19)29)32-22(33-25)15-18-10-12-20(13-11-18)31-17(2)37/h4-5,7-8,10-13H,3,6,9,14-16,30H2,1-2H3,(H,31,37)(H,32,33). The number of imidazole rings is 1. The van der Waals surface area contributed by atoms with Gasteiger partial charge in [0.05, 0.1) is 13.2 Å². The highest BCUT2D eigenvalue weighted by Gasteiger charge is 2.21. The van der Waals surface area contributed by atoms with E-state index in [1.165, 1.54) is 29.7 Å². The van der Waals surface area contributed by atoms with Crippen molar-refractivity contribution in [1.82, 2.24) is 24.1 Å². The number of hydrazine groups is 1. The van der Waals surface area contributed by atoms with Crippen LogP contribution in [0.5, 0.6) is 0 Å². The van der Waals surface area contributed by atoms with E-state index in [1.54, 1.807) is 37.3 Å². The number of hydrogen-bond acceptors (Lipinski definition) is 8. The number of aromatic amines is 1. The molecule has 4 aromatic rings. The van der Waals surface area contributed by atoms with E-state index in [0.29, 0.717) is 16.5 Å². The van der Waals surface area contributed by atoms with Crippen LogP contribution in [0.15, 0.2) is 58.1 Å². The topological polar surface area (TPSA) is 174 Å². The molecule has 42 heavy (non-hydrogen) atoms. The lowest BCUT2D eigenvalue weighted by atomic mass is 10.1. The Morgan fingerprint density at radius 2 is 1.81 bits per heavy atom. The predicted octanol–water partition coefficient (Wildman–Crippen LogP) is 2.26. The first-order valence-corrected chi connectivity index (χ1v) is 13.2. The number of amides is 3. The normalized spacial score (nSPS) is 11.0. The molecule has 2 heterocycles. The van der Waals surface area contributed by atoms with Crippen LogP contribution in [0.2, 0.25) is 0 Å². The Bertz CT molecular complexity index is 1740. The predicted molar refractivity (Wildman–Crippen MR) is 151 cm³/mol. The van der Waals surface area contributed by atoms with Gasteiger partial charge in [0.15, 0.2) is 5.65 Å². The Hall–Kier alpha value is -5.11. The minimum atomic E-state index is -0.998. The number of benzene rings is 2. The van der Waals surface area contributed by atoms with Gasteiger partial charge in [-0.1, -0.05) is 30.3 Å². The number of carbonyl (C=O) groups is 3. The molecule has 0 aliphatic carbocycles. The Kier molecular flexibility index (Phi) is 9.27. The molecule has 0 saturated heterocycles. The number of fused-ring (bicyclic) bond motifs is 1. The van der Waals surface area contributed by atoms with Gasteiger partial charge in [-0.25, -0.2) is 24.8 Å². The number of aromatic nitrogens is 4. The van der Waals surface area contributed by atoms with Gasteiger partial charge in [-0.15, -0.1) is 0 Å². The summed E-state index contributed by atoms with van der Waals surface area (Å²) in [5.74, 6) is 4.41. The molecule has 2 aromatic carbocycles. The van der Waals surface area contributed by atoms with Crippen LogP contribution in [0, 0.1) is 5.82 Å². The number of nitrogens with two attached hydrogens (primary N) is 1. The van der Waals surface area contributed by atoms with Crippen molar-refractivity contribution in [2.24, 2.45) is 5.84 Å². The number of hydrogen-bond donors (Lipinski definition) is 3. The lowest BCUT2D eigenvalue weighted by Crippen LogP contribution is -2.43. The number of aryl methyl sites for hydroxylation is 1. The number of H-pyrrole nitrogens is 1. The Balaban J connectivity index is 1.67. The first-order valence-electron chi connectivity index (χ1n) is 13.2. The molecule has 0 fully saturated rings. The maximum Gasteiger partial charge on any atom is 0.431 e. The Morgan fingerprint density at radius 3 is 2.48 bits per heavy atom. The van der Waals surface area contributed by atoms with E-state index >= 15 is 0 Å². The molecule has 0 bridgehead atoms. The fourth-order valence-corrected chi connectivity index (χ4v) is 4.34. The van der Waals surface area contributed by atoms with Crippen LogP contribution >= 0.6 is 0 Å². The van der Waals surface area contributed by atoms with Gasteiger partial charge in [0.2, 0.25) is 11.8 Å². The van der Waals surface area contributed by atoms with Gasteiger partial charge in [-0.2, -0.15) is 5.01 Å². The van der Waals surface area contributed by atoms with E-state index in [1.807, 2.05) is 0 Å². The molecule has 0 atom stereocenters. The van der Waals surface area contributed by atoms with Crippen molar-refractivity contribution in [2.75, 3.05) is 11.9 Å². The molecule has 0 saturated carbocycles. The van der Waals surface area contributed by atoms with Crippen LogP contribution in [-0.4, -0.2) is 48.6 Å². The smallest absolute Gasteiger partial charge is 0.431 e. The van der Waals surface area contributed by atoms with Gasteiger partial charge in [-0.05, 0) is 37.1 Å². The summed E-state index contributed by atoms with van der Waals surface area (Å²) >= 11 is 0. The number of halogens is 1. The second-order valence-electron chi connectivity index (χ2n) is 9.42. The van der Waals surface area contributed by atoms with Crippen molar-refractivity contribution in [3.8, 4) is 0 Å². The van der Waals surface area contributed by atoms with E-state index in [0.717, 1.165) is 10.1 Å². The molecule has 0 spiro atoms. The van der Waals surface area contributed by atoms with Crippen molar-refractivity contribution in [3.05, 3.63) is 92.1 Å². The SMILES string of the molecule is CCOC(=O)N(N)C(=O)CCCn1c(=O)n(Cc2ccccc2F)c(=O)c2[nH]c(Cc3ccc(NC(C)=O)cc3)nc21. The van der Waals surface area contributed by atoms with E-state index in [-0.39, 0.29) is 61.6 Å². The number of anilines is 1. The minimum Gasteiger partial charge on any atom is -0.448 e. The molecular formula is C28H30FN7O6. The quantitative estimate of drug-likeness (QED) is 0.146. The number of ether oxygens (including phenoxy) is 1. The molecular weight excluding hydrogens is 549 g/mol. The maximum absolute atomic E-state index is 14.4. The average Bonchev–Trinajstić information content (AvgIpc) is 3.38. The summed E-state index contributed by atoms with van der Waals surface area (Å²) in [6, 6.07) is 12.8. The van der Waals surface area contributed by atoms with Gasteiger partial charge in [0.25, 0.3) is 5.56 Å². The van der Waals surface area contributed by atoms with Crippen LogP contribution in [0.4, 0.5) is 14.9 Å². The number of carbonyl (C=O) groups excluding carboxylic acids is 3. The Morgan fingerprint density at radius 1 is 1.10 bits per heavy atom. The second-order valence-corrected chi connectivity index (χ2v) is 9.42. The number of nitrogens with zero attached hydrogens (tertiary/aromatic N) is 4. The van der Waals surface area contributed by atoms with E-state index in [9.17, 15) is 28.4 Å². The first kappa shape index (κ1) is 29.9. The molecule has 13 nitrogen and oxygen atoms in total. The molecule has 0 unspecified atom stereocenters.